The molecule has 2 aliphatic heterocycles. The van der Waals surface area contributed by atoms with Gasteiger partial charge in [-0.1, -0.05) is 11.6 Å². The van der Waals surface area contributed by atoms with E-state index in [2.05, 4.69) is 10.3 Å². The van der Waals surface area contributed by atoms with E-state index < -0.39 is 11.8 Å². The van der Waals surface area contributed by atoms with Crippen LogP contribution in [-0.4, -0.2) is 53.7 Å². The van der Waals surface area contributed by atoms with Gasteiger partial charge in [0.25, 0.3) is 0 Å². The molecule has 0 spiro atoms. The zero-order chi connectivity index (χ0) is 16.0. The van der Waals surface area contributed by atoms with Crippen molar-refractivity contribution >= 4 is 17.3 Å². The number of nitrogens with zero attached hydrogens (tertiary/aromatic N) is 2. The first kappa shape index (κ1) is 15.6. The number of hydrogen-bond acceptors (Lipinski definition) is 4. The number of fused-ring (bicyclic) bond motifs is 1. The fraction of sp³-hybridized carbons (Fsp3) is 0.500. The van der Waals surface area contributed by atoms with Crippen molar-refractivity contribution in [1.29, 1.82) is 0 Å². The maximum Gasteiger partial charge on any atom is 0.420 e. The zero-order valence-electron chi connectivity index (χ0n) is 11.6. The van der Waals surface area contributed by atoms with Crippen LogP contribution in [-0.2, 0) is 0 Å². The summed E-state index contributed by atoms with van der Waals surface area (Å²) in [5.74, 6) is -0.119. The second kappa shape index (κ2) is 5.40. The molecule has 1 unspecified atom stereocenters. The number of phenolic OH excluding ortho intramolecular Hbond substituents is 1. The topological polar surface area (TPSA) is 47.9 Å². The second-order valence-electron chi connectivity index (χ2n) is 5.44. The monoisotopic (exact) mass is 333 g/mol. The third-order valence-electron chi connectivity index (χ3n) is 4.17. The summed E-state index contributed by atoms with van der Waals surface area (Å²) >= 11 is 5.90. The van der Waals surface area contributed by atoms with Crippen molar-refractivity contribution in [3.05, 3.63) is 28.8 Å². The number of hydrogen-bond donors (Lipinski definition) is 2. The number of benzene rings is 1. The van der Waals surface area contributed by atoms with Crippen LogP contribution in [0.3, 0.4) is 0 Å². The van der Waals surface area contributed by atoms with Gasteiger partial charge in [-0.05, 0) is 18.2 Å². The van der Waals surface area contributed by atoms with Gasteiger partial charge in [-0.2, -0.15) is 13.2 Å². The molecule has 1 atom stereocenters. The van der Waals surface area contributed by atoms with Crippen LogP contribution in [0.25, 0.3) is 0 Å². The molecule has 4 nitrogen and oxygen atoms in total. The van der Waals surface area contributed by atoms with Crippen LogP contribution in [0.5, 0.6) is 5.75 Å². The molecule has 22 heavy (non-hydrogen) atoms. The summed E-state index contributed by atoms with van der Waals surface area (Å²) in [6.07, 6.45) is -4.80. The number of phenols is 1. The van der Waals surface area contributed by atoms with E-state index in [-0.39, 0.29) is 43.1 Å². The van der Waals surface area contributed by atoms with Crippen molar-refractivity contribution in [1.82, 2.24) is 10.2 Å². The van der Waals surface area contributed by atoms with E-state index in [0.717, 1.165) is 0 Å². The maximum absolute atomic E-state index is 13.7. The highest BCUT2D eigenvalue weighted by molar-refractivity contribution is 6.31. The Morgan fingerprint density at radius 1 is 1.32 bits per heavy atom. The summed E-state index contributed by atoms with van der Waals surface area (Å²) in [5.41, 5.74) is -1.65. The highest BCUT2D eigenvalue weighted by Gasteiger charge is 2.61. The standard InChI is InChI=1S/C14H15ClF3N3O/c15-9-1-2-12(22)10(7-9)11-8-13(14(16,17)18)20-4-6-21(13)5-3-19-11/h1-2,7,20,22H,3-6,8H2. The lowest BCUT2D eigenvalue weighted by molar-refractivity contribution is -0.227. The van der Waals surface area contributed by atoms with Crippen molar-refractivity contribution in [3.8, 4) is 5.75 Å². The van der Waals surface area contributed by atoms with Gasteiger partial charge < -0.3 is 5.11 Å². The number of aromatic hydroxyl groups is 1. The molecule has 2 aliphatic rings. The first-order chi connectivity index (χ1) is 10.3. The first-order valence-electron chi connectivity index (χ1n) is 6.92. The van der Waals surface area contributed by atoms with Crippen molar-refractivity contribution in [2.24, 2.45) is 4.99 Å². The predicted octanol–water partition coefficient (Wildman–Crippen LogP) is 2.40. The van der Waals surface area contributed by atoms with Crippen LogP contribution >= 0.6 is 11.6 Å². The summed E-state index contributed by atoms with van der Waals surface area (Å²) in [4.78, 5) is 5.63. The highest BCUT2D eigenvalue weighted by Crippen LogP contribution is 2.41. The van der Waals surface area contributed by atoms with Gasteiger partial charge in [-0.3, -0.25) is 15.2 Å². The van der Waals surface area contributed by atoms with Gasteiger partial charge in [0.2, 0.25) is 0 Å². The van der Waals surface area contributed by atoms with Crippen LogP contribution in [0.4, 0.5) is 13.2 Å². The van der Waals surface area contributed by atoms with Crippen LogP contribution in [0.2, 0.25) is 5.02 Å². The van der Waals surface area contributed by atoms with Gasteiger partial charge in [-0.15, -0.1) is 0 Å². The smallest absolute Gasteiger partial charge is 0.420 e. The third-order valence-corrected chi connectivity index (χ3v) is 4.41. The van der Waals surface area contributed by atoms with Crippen LogP contribution in [0.1, 0.15) is 12.0 Å². The van der Waals surface area contributed by atoms with E-state index in [0.29, 0.717) is 11.6 Å². The molecule has 8 heteroatoms. The molecule has 1 fully saturated rings. The van der Waals surface area contributed by atoms with E-state index in [1.807, 2.05) is 0 Å². The Balaban J connectivity index is 2.03. The first-order valence-corrected chi connectivity index (χ1v) is 7.30. The van der Waals surface area contributed by atoms with Gasteiger partial charge in [0, 0.05) is 42.4 Å². The number of nitrogens with one attached hydrogen (secondary N) is 1. The average Bonchev–Trinajstić information content (AvgIpc) is 2.76. The molecular formula is C14H15ClF3N3O. The number of alkyl halides is 3. The molecule has 0 aliphatic carbocycles. The van der Waals surface area contributed by atoms with Crippen LogP contribution in [0, 0.1) is 0 Å². The van der Waals surface area contributed by atoms with Crippen molar-refractivity contribution in [2.45, 2.75) is 18.3 Å². The molecule has 0 radical (unpaired) electrons. The lowest BCUT2D eigenvalue weighted by atomic mass is 9.96. The lowest BCUT2D eigenvalue weighted by Gasteiger charge is -2.38. The summed E-state index contributed by atoms with van der Waals surface area (Å²) in [7, 11) is 0. The average molecular weight is 334 g/mol. The maximum atomic E-state index is 13.7. The fourth-order valence-corrected chi connectivity index (χ4v) is 3.25. The van der Waals surface area contributed by atoms with E-state index >= 15 is 0 Å². The molecular weight excluding hydrogens is 319 g/mol. The summed E-state index contributed by atoms with van der Waals surface area (Å²) in [5, 5.41) is 12.9. The number of rotatable bonds is 1. The number of aliphatic imine (C=N–C) groups is 1. The normalized spacial score (nSPS) is 26.5. The SMILES string of the molecule is Oc1ccc(Cl)cc1C1=NCCN2CCNC2(C(F)(F)F)C1. The molecule has 0 aromatic heterocycles. The molecule has 3 rings (SSSR count). The Morgan fingerprint density at radius 3 is 2.82 bits per heavy atom. The van der Waals surface area contributed by atoms with E-state index in [1.165, 1.54) is 23.1 Å². The highest BCUT2D eigenvalue weighted by atomic mass is 35.5. The minimum atomic E-state index is -4.44. The largest absolute Gasteiger partial charge is 0.507 e. The Kier molecular flexibility index (Phi) is 3.82. The van der Waals surface area contributed by atoms with E-state index in [4.69, 9.17) is 11.6 Å². The molecule has 1 saturated heterocycles. The Labute approximate surface area is 130 Å². The van der Waals surface area contributed by atoms with Crippen LogP contribution < -0.4 is 5.32 Å². The quantitative estimate of drug-likeness (QED) is 0.829. The van der Waals surface area contributed by atoms with Crippen molar-refractivity contribution in [3.63, 3.8) is 0 Å². The third kappa shape index (κ3) is 2.47. The van der Waals surface area contributed by atoms with Gasteiger partial charge in [0.15, 0.2) is 5.66 Å². The van der Waals surface area contributed by atoms with Gasteiger partial charge in [-0.25, -0.2) is 0 Å². The fourth-order valence-electron chi connectivity index (χ4n) is 3.08. The summed E-state index contributed by atoms with van der Waals surface area (Å²) in [6.45, 7) is 1.07. The van der Waals surface area contributed by atoms with E-state index in [1.54, 1.807) is 0 Å². The van der Waals surface area contributed by atoms with Crippen molar-refractivity contribution in [2.75, 3.05) is 26.2 Å². The predicted molar refractivity (Wildman–Crippen MR) is 77.5 cm³/mol. The summed E-state index contributed by atoms with van der Waals surface area (Å²) < 4.78 is 41.1. The van der Waals surface area contributed by atoms with Crippen LogP contribution in [0.15, 0.2) is 23.2 Å². The molecule has 0 saturated carbocycles. The molecule has 2 heterocycles. The minimum absolute atomic E-state index is 0.119. The molecule has 120 valence electrons. The Bertz CT molecular complexity index is 620. The Hall–Kier alpha value is -1.31. The molecule has 1 aromatic carbocycles. The lowest BCUT2D eigenvalue weighted by Crippen LogP contribution is -2.62. The second-order valence-corrected chi connectivity index (χ2v) is 5.87. The van der Waals surface area contributed by atoms with Gasteiger partial charge >= 0.3 is 6.18 Å². The summed E-state index contributed by atoms with van der Waals surface area (Å²) in [6, 6.07) is 4.30. The van der Waals surface area contributed by atoms with E-state index in [9.17, 15) is 18.3 Å². The van der Waals surface area contributed by atoms with Crippen molar-refractivity contribution < 1.29 is 18.3 Å². The van der Waals surface area contributed by atoms with Gasteiger partial charge in [0.05, 0.1) is 6.54 Å². The molecule has 1 aromatic rings. The minimum Gasteiger partial charge on any atom is -0.507 e. The molecule has 0 bridgehead atoms. The Morgan fingerprint density at radius 2 is 2.09 bits per heavy atom. The molecule has 2 N–H and O–H groups in total. The zero-order valence-corrected chi connectivity index (χ0v) is 12.4. The molecule has 0 amide bonds. The van der Waals surface area contributed by atoms with Gasteiger partial charge in [0.1, 0.15) is 5.75 Å². The number of halogens is 4.